The van der Waals surface area contributed by atoms with Crippen LogP contribution in [-0.2, 0) is 14.8 Å². The Balaban J connectivity index is 1.31. The monoisotopic (exact) mass is 548 g/mol. The van der Waals surface area contributed by atoms with E-state index in [4.69, 9.17) is 25.5 Å². The third-order valence-electron chi connectivity index (χ3n) is 6.38. The Morgan fingerprint density at radius 3 is 2.53 bits per heavy atom. The van der Waals surface area contributed by atoms with Crippen molar-refractivity contribution in [3.8, 4) is 11.5 Å². The van der Waals surface area contributed by atoms with E-state index >= 15 is 0 Å². The SMILES string of the molecule is COc1ccc(S(=O)(=O)N2CC(C(=O)Nc3ccc4c(c3)oc3ccccc34)Oc3ccc(Cl)cc32)cc1. The molecule has 0 spiro atoms. The molecule has 1 atom stereocenters. The van der Waals surface area contributed by atoms with Gasteiger partial charge in [0.05, 0.1) is 24.2 Å². The number of halogens is 1. The summed E-state index contributed by atoms with van der Waals surface area (Å²) in [4.78, 5) is 13.4. The summed E-state index contributed by atoms with van der Waals surface area (Å²) in [5.74, 6) is 0.245. The van der Waals surface area contributed by atoms with Gasteiger partial charge in [0.25, 0.3) is 15.9 Å². The lowest BCUT2D eigenvalue weighted by Crippen LogP contribution is -2.48. The van der Waals surface area contributed by atoms with Crippen molar-refractivity contribution in [2.24, 2.45) is 0 Å². The quantitative estimate of drug-likeness (QED) is 0.296. The average Bonchev–Trinajstić information content (AvgIpc) is 3.30. The number of nitrogens with zero attached hydrogens (tertiary/aromatic N) is 1. The van der Waals surface area contributed by atoms with Gasteiger partial charge in [0.2, 0.25) is 0 Å². The number of amides is 1. The van der Waals surface area contributed by atoms with Crippen LogP contribution < -0.4 is 19.1 Å². The highest BCUT2D eigenvalue weighted by Crippen LogP contribution is 2.39. The second kappa shape index (κ2) is 9.27. The molecule has 0 radical (unpaired) electrons. The number of nitrogens with one attached hydrogen (secondary N) is 1. The molecule has 1 aliphatic heterocycles. The molecule has 192 valence electrons. The smallest absolute Gasteiger partial charge is 0.267 e. The number of rotatable bonds is 5. The first-order chi connectivity index (χ1) is 18.3. The van der Waals surface area contributed by atoms with Gasteiger partial charge in [-0.25, -0.2) is 8.42 Å². The van der Waals surface area contributed by atoms with E-state index in [-0.39, 0.29) is 22.9 Å². The van der Waals surface area contributed by atoms with E-state index in [2.05, 4.69) is 5.32 Å². The minimum absolute atomic E-state index is 0.0422. The van der Waals surface area contributed by atoms with Crippen LogP contribution in [0, 0.1) is 0 Å². The summed E-state index contributed by atoms with van der Waals surface area (Å²) in [5, 5.41) is 5.07. The van der Waals surface area contributed by atoms with Crippen LogP contribution in [0.3, 0.4) is 0 Å². The summed E-state index contributed by atoms with van der Waals surface area (Å²) < 4.78 is 45.5. The Hall–Kier alpha value is -4.21. The van der Waals surface area contributed by atoms with Gasteiger partial charge in [-0.05, 0) is 60.7 Å². The Bertz CT molecular complexity index is 1800. The minimum atomic E-state index is -4.06. The second-order valence-corrected chi connectivity index (χ2v) is 11.0. The average molecular weight is 549 g/mol. The molecule has 1 amide bonds. The zero-order chi connectivity index (χ0) is 26.4. The predicted octanol–water partition coefficient (Wildman–Crippen LogP) is 5.84. The standard InChI is InChI=1S/C28H21ClN2O6S/c1-35-19-8-10-20(11-9-19)38(33,34)31-16-27(37-25-13-6-17(29)14-23(25)31)28(32)30-18-7-12-22-21-4-2-3-5-24(21)36-26(22)15-18/h2-15,27H,16H2,1H3,(H,30,32). The molecule has 1 unspecified atom stereocenters. The van der Waals surface area contributed by atoms with E-state index in [1.165, 1.54) is 25.3 Å². The lowest BCUT2D eigenvalue weighted by Gasteiger charge is -2.34. The summed E-state index contributed by atoms with van der Waals surface area (Å²) in [6.45, 7) is -0.250. The van der Waals surface area contributed by atoms with E-state index in [9.17, 15) is 13.2 Å². The molecule has 8 nitrogen and oxygen atoms in total. The molecule has 0 aliphatic carbocycles. The highest BCUT2D eigenvalue weighted by molar-refractivity contribution is 7.92. The molecule has 5 aromatic rings. The number of carbonyl (C=O) groups is 1. The first-order valence-electron chi connectivity index (χ1n) is 11.7. The molecule has 1 aromatic heterocycles. The molecule has 6 rings (SSSR count). The number of para-hydroxylation sites is 1. The van der Waals surface area contributed by atoms with Gasteiger partial charge in [0.1, 0.15) is 22.7 Å². The third kappa shape index (κ3) is 4.19. The second-order valence-electron chi connectivity index (χ2n) is 8.73. The highest BCUT2D eigenvalue weighted by Gasteiger charge is 2.38. The first-order valence-corrected chi connectivity index (χ1v) is 13.5. The van der Waals surface area contributed by atoms with Crippen molar-refractivity contribution in [3.05, 3.63) is 90.0 Å². The van der Waals surface area contributed by atoms with Crippen LogP contribution in [0.5, 0.6) is 11.5 Å². The third-order valence-corrected chi connectivity index (χ3v) is 8.41. The summed E-state index contributed by atoms with van der Waals surface area (Å²) in [6.07, 6.45) is -1.12. The van der Waals surface area contributed by atoms with Crippen molar-refractivity contribution in [3.63, 3.8) is 0 Å². The number of anilines is 2. The summed E-state index contributed by atoms with van der Waals surface area (Å²) in [5.41, 5.74) is 2.12. The minimum Gasteiger partial charge on any atom is -0.497 e. The predicted molar refractivity (Wildman–Crippen MR) is 146 cm³/mol. The van der Waals surface area contributed by atoms with Crippen LogP contribution in [0.15, 0.2) is 94.2 Å². The number of furan rings is 1. The van der Waals surface area contributed by atoms with Crippen molar-refractivity contribution in [1.82, 2.24) is 0 Å². The first kappa shape index (κ1) is 24.1. The van der Waals surface area contributed by atoms with Gasteiger partial charge < -0.3 is 19.2 Å². The highest BCUT2D eigenvalue weighted by atomic mass is 35.5. The number of sulfonamides is 1. The van der Waals surface area contributed by atoms with Gasteiger partial charge in [-0.1, -0.05) is 29.8 Å². The fraction of sp³-hybridized carbons (Fsp3) is 0.107. The summed E-state index contributed by atoms with van der Waals surface area (Å²) in [6, 6.07) is 23.7. The maximum absolute atomic E-state index is 13.7. The van der Waals surface area contributed by atoms with Crippen LogP contribution in [0.2, 0.25) is 5.02 Å². The molecule has 1 N–H and O–H groups in total. The molecule has 4 aromatic carbocycles. The van der Waals surface area contributed by atoms with E-state index in [1.807, 2.05) is 30.3 Å². The molecule has 1 aliphatic rings. The van der Waals surface area contributed by atoms with Crippen LogP contribution in [-0.4, -0.2) is 34.1 Å². The van der Waals surface area contributed by atoms with E-state index < -0.39 is 22.0 Å². The number of hydrogen-bond donors (Lipinski definition) is 1. The van der Waals surface area contributed by atoms with Gasteiger partial charge in [-0.3, -0.25) is 9.10 Å². The molecular weight excluding hydrogens is 528 g/mol. The van der Waals surface area contributed by atoms with Gasteiger partial charge in [-0.15, -0.1) is 0 Å². The fourth-order valence-corrected chi connectivity index (χ4v) is 6.12. The molecule has 0 fully saturated rings. The molecule has 10 heteroatoms. The zero-order valence-electron chi connectivity index (χ0n) is 20.1. The van der Waals surface area contributed by atoms with Crippen LogP contribution in [0.4, 0.5) is 11.4 Å². The fourth-order valence-electron chi connectivity index (χ4n) is 4.49. The van der Waals surface area contributed by atoms with Crippen molar-refractivity contribution < 1.29 is 27.1 Å². The number of carbonyl (C=O) groups excluding carboxylic acids is 1. The van der Waals surface area contributed by atoms with Gasteiger partial charge in [0.15, 0.2) is 6.10 Å². The molecule has 0 saturated carbocycles. The van der Waals surface area contributed by atoms with Crippen molar-refractivity contribution in [2.45, 2.75) is 11.0 Å². The van der Waals surface area contributed by atoms with E-state index in [0.29, 0.717) is 22.0 Å². The topological polar surface area (TPSA) is 98.1 Å². The maximum atomic E-state index is 13.7. The van der Waals surface area contributed by atoms with Crippen molar-refractivity contribution in [1.29, 1.82) is 0 Å². The maximum Gasteiger partial charge on any atom is 0.267 e. The number of hydrogen-bond acceptors (Lipinski definition) is 6. The van der Waals surface area contributed by atoms with Crippen LogP contribution in [0.25, 0.3) is 21.9 Å². The molecule has 2 heterocycles. The van der Waals surface area contributed by atoms with Crippen molar-refractivity contribution in [2.75, 3.05) is 23.3 Å². The molecule has 0 saturated heterocycles. The van der Waals surface area contributed by atoms with Gasteiger partial charge in [-0.2, -0.15) is 0 Å². The molecular formula is C28H21ClN2O6S. The zero-order valence-corrected chi connectivity index (χ0v) is 21.6. The van der Waals surface area contributed by atoms with Crippen molar-refractivity contribution >= 4 is 60.8 Å². The van der Waals surface area contributed by atoms with Crippen LogP contribution in [0.1, 0.15) is 0 Å². The largest absolute Gasteiger partial charge is 0.497 e. The number of ether oxygens (including phenoxy) is 2. The van der Waals surface area contributed by atoms with Crippen LogP contribution >= 0.6 is 11.6 Å². The Morgan fingerprint density at radius 1 is 0.974 bits per heavy atom. The summed E-state index contributed by atoms with van der Waals surface area (Å²) in [7, 11) is -2.56. The Morgan fingerprint density at radius 2 is 1.74 bits per heavy atom. The van der Waals surface area contributed by atoms with E-state index in [1.54, 1.807) is 36.4 Å². The Kier molecular flexibility index (Phi) is 5.89. The van der Waals surface area contributed by atoms with Gasteiger partial charge >= 0.3 is 0 Å². The number of fused-ring (bicyclic) bond motifs is 4. The van der Waals surface area contributed by atoms with Gasteiger partial charge in [0, 0.05) is 27.5 Å². The number of benzene rings is 4. The number of methoxy groups -OCH3 is 1. The molecule has 0 bridgehead atoms. The van der Waals surface area contributed by atoms with E-state index in [0.717, 1.165) is 20.7 Å². The summed E-state index contributed by atoms with van der Waals surface area (Å²) >= 11 is 6.18. The molecule has 38 heavy (non-hydrogen) atoms. The normalized spacial score (nSPS) is 15.2. The lowest BCUT2D eigenvalue weighted by molar-refractivity contribution is -0.122. The Labute approximate surface area is 223 Å². The lowest BCUT2D eigenvalue weighted by atomic mass is 10.1.